The maximum atomic E-state index is 12.1. The topological polar surface area (TPSA) is 81.5 Å². The molecule has 1 saturated carbocycles. The van der Waals surface area contributed by atoms with E-state index in [1.54, 1.807) is 19.9 Å². The summed E-state index contributed by atoms with van der Waals surface area (Å²) in [5.41, 5.74) is 2.94. The van der Waals surface area contributed by atoms with Crippen molar-refractivity contribution in [3.05, 3.63) is 57.1 Å². The number of fused-ring (bicyclic) bond motifs is 2. The third-order valence-corrected chi connectivity index (χ3v) is 4.82. The second-order valence-electron chi connectivity index (χ2n) is 6.51. The molecule has 2 aromatic carbocycles. The first-order valence-corrected chi connectivity index (χ1v) is 7.80. The summed E-state index contributed by atoms with van der Waals surface area (Å²) in [6.45, 7) is 3.58. The molecule has 0 saturated heterocycles. The summed E-state index contributed by atoms with van der Waals surface area (Å²) in [6.07, 6.45) is 1.73. The van der Waals surface area contributed by atoms with Crippen LogP contribution in [0.2, 0.25) is 0 Å². The van der Waals surface area contributed by atoms with Gasteiger partial charge in [-0.1, -0.05) is 0 Å². The van der Waals surface area contributed by atoms with Gasteiger partial charge in [-0.25, -0.2) is 0 Å². The van der Waals surface area contributed by atoms with Crippen LogP contribution in [0.25, 0.3) is 0 Å². The van der Waals surface area contributed by atoms with E-state index < -0.39 is 4.92 Å². The number of hydrogen-bond donors (Lipinski definition) is 1. The number of aryl methyl sites for hydroxylation is 2. The molecule has 122 valence electrons. The molecule has 4 rings (SSSR count). The molecular weight excluding hydrogens is 308 g/mol. The van der Waals surface area contributed by atoms with Crippen molar-refractivity contribution in [1.29, 1.82) is 0 Å². The summed E-state index contributed by atoms with van der Waals surface area (Å²) in [6, 6.07) is 8.57. The number of anilines is 1. The molecule has 0 atom stereocenters. The van der Waals surface area contributed by atoms with Gasteiger partial charge in [-0.3, -0.25) is 14.9 Å². The highest BCUT2D eigenvalue weighted by Gasteiger charge is 2.56. The first kappa shape index (κ1) is 14.7. The van der Waals surface area contributed by atoms with Crippen LogP contribution in [-0.2, 0) is 10.2 Å². The van der Waals surface area contributed by atoms with E-state index >= 15 is 0 Å². The van der Waals surface area contributed by atoms with E-state index in [0.717, 1.165) is 24.1 Å². The molecule has 0 radical (unpaired) electrons. The maximum absolute atomic E-state index is 12.1. The van der Waals surface area contributed by atoms with Gasteiger partial charge < -0.3 is 10.1 Å². The Morgan fingerprint density at radius 3 is 2.42 bits per heavy atom. The standard InChI is InChI=1S/C18H16N2O4/c1-10-7-12(20(22)23)8-11(2)16(10)24-13-3-4-15-14(9-13)18(5-6-18)17(21)19-15/h3-4,7-9H,5-6H2,1-2H3,(H,19,21). The Morgan fingerprint density at radius 2 is 1.83 bits per heavy atom. The van der Waals surface area contributed by atoms with Gasteiger partial charge in [0.15, 0.2) is 0 Å². The minimum atomic E-state index is -0.409. The Balaban J connectivity index is 1.69. The molecule has 0 unspecified atom stereocenters. The predicted molar refractivity (Wildman–Crippen MR) is 88.6 cm³/mol. The Bertz CT molecular complexity index is 877. The number of hydrogen-bond acceptors (Lipinski definition) is 4. The van der Waals surface area contributed by atoms with Crippen molar-refractivity contribution in [2.75, 3.05) is 5.32 Å². The first-order valence-electron chi connectivity index (χ1n) is 7.80. The number of nitro benzene ring substituents is 1. The van der Waals surface area contributed by atoms with Crippen LogP contribution in [0.3, 0.4) is 0 Å². The van der Waals surface area contributed by atoms with Crippen molar-refractivity contribution in [1.82, 2.24) is 0 Å². The lowest BCUT2D eigenvalue weighted by molar-refractivity contribution is -0.385. The fraction of sp³-hybridized carbons (Fsp3) is 0.278. The number of rotatable bonds is 3. The largest absolute Gasteiger partial charge is 0.457 e. The quantitative estimate of drug-likeness (QED) is 0.683. The zero-order valence-electron chi connectivity index (χ0n) is 13.4. The van der Waals surface area contributed by atoms with Gasteiger partial charge in [-0.2, -0.15) is 0 Å². The molecule has 1 amide bonds. The van der Waals surface area contributed by atoms with Gasteiger partial charge in [0.05, 0.1) is 10.3 Å². The number of ether oxygens (including phenoxy) is 1. The molecule has 1 aliphatic heterocycles. The second kappa shape index (κ2) is 4.80. The lowest BCUT2D eigenvalue weighted by Crippen LogP contribution is -2.18. The van der Waals surface area contributed by atoms with Crippen LogP contribution in [0.5, 0.6) is 11.5 Å². The van der Waals surface area contributed by atoms with Gasteiger partial charge in [-0.05, 0) is 61.6 Å². The molecule has 2 aromatic rings. The molecular formula is C18H16N2O4. The first-order chi connectivity index (χ1) is 11.4. The summed E-state index contributed by atoms with van der Waals surface area (Å²) in [5.74, 6) is 1.32. The summed E-state index contributed by atoms with van der Waals surface area (Å²) in [5, 5.41) is 13.9. The zero-order chi connectivity index (χ0) is 17.1. The van der Waals surface area contributed by atoms with Crippen LogP contribution < -0.4 is 10.1 Å². The smallest absolute Gasteiger partial charge is 0.270 e. The molecule has 2 aliphatic rings. The Labute approximate surface area is 138 Å². The van der Waals surface area contributed by atoms with Gasteiger partial charge in [0.1, 0.15) is 11.5 Å². The highest BCUT2D eigenvalue weighted by molar-refractivity contribution is 6.08. The Morgan fingerprint density at radius 1 is 1.17 bits per heavy atom. The molecule has 0 aromatic heterocycles. The second-order valence-corrected chi connectivity index (χ2v) is 6.51. The van der Waals surface area contributed by atoms with Crippen molar-refractivity contribution < 1.29 is 14.5 Å². The number of nitrogens with one attached hydrogen (secondary N) is 1. The van der Waals surface area contributed by atoms with E-state index in [9.17, 15) is 14.9 Å². The molecule has 1 N–H and O–H groups in total. The van der Waals surface area contributed by atoms with Crippen LogP contribution in [0.4, 0.5) is 11.4 Å². The molecule has 1 aliphatic carbocycles. The van der Waals surface area contributed by atoms with Crippen molar-refractivity contribution in [3.8, 4) is 11.5 Å². The SMILES string of the molecule is Cc1cc([N+](=O)[O-])cc(C)c1Oc1ccc2c(c1)C1(CC1)C(=O)N2. The van der Waals surface area contributed by atoms with Gasteiger partial charge in [0.25, 0.3) is 5.69 Å². The van der Waals surface area contributed by atoms with Gasteiger partial charge in [0.2, 0.25) is 5.91 Å². The number of carbonyl (C=O) groups is 1. The maximum Gasteiger partial charge on any atom is 0.270 e. The number of nitro groups is 1. The summed E-state index contributed by atoms with van der Waals surface area (Å²) < 4.78 is 5.99. The molecule has 6 nitrogen and oxygen atoms in total. The van der Waals surface area contributed by atoms with Crippen LogP contribution in [-0.4, -0.2) is 10.8 Å². The fourth-order valence-corrected chi connectivity index (χ4v) is 3.39. The van der Waals surface area contributed by atoms with Gasteiger partial charge in [-0.15, -0.1) is 0 Å². The summed E-state index contributed by atoms with van der Waals surface area (Å²) in [4.78, 5) is 22.6. The average molecular weight is 324 g/mol. The van der Waals surface area contributed by atoms with Crippen molar-refractivity contribution in [2.24, 2.45) is 0 Å². The highest BCUT2D eigenvalue weighted by Crippen LogP contribution is 2.55. The molecule has 24 heavy (non-hydrogen) atoms. The van der Waals surface area contributed by atoms with Crippen molar-refractivity contribution >= 4 is 17.3 Å². The van der Waals surface area contributed by atoms with E-state index in [4.69, 9.17) is 4.74 Å². The van der Waals surface area contributed by atoms with Crippen LogP contribution >= 0.6 is 0 Å². The van der Waals surface area contributed by atoms with Crippen LogP contribution in [0.15, 0.2) is 30.3 Å². The average Bonchev–Trinajstić information content (AvgIpc) is 3.28. The molecule has 0 bridgehead atoms. The van der Waals surface area contributed by atoms with Crippen LogP contribution in [0.1, 0.15) is 29.5 Å². The van der Waals surface area contributed by atoms with Gasteiger partial charge in [0, 0.05) is 17.8 Å². The van der Waals surface area contributed by atoms with Gasteiger partial charge >= 0.3 is 0 Å². The minimum Gasteiger partial charge on any atom is -0.457 e. The lowest BCUT2D eigenvalue weighted by Gasteiger charge is -2.13. The Kier molecular flexibility index (Phi) is 2.94. The summed E-state index contributed by atoms with van der Waals surface area (Å²) in [7, 11) is 0. The van der Waals surface area contributed by atoms with E-state index in [0.29, 0.717) is 22.6 Å². The number of amides is 1. The number of nitrogens with zero attached hydrogens (tertiary/aromatic N) is 1. The van der Waals surface area contributed by atoms with E-state index in [1.807, 2.05) is 12.1 Å². The van der Waals surface area contributed by atoms with E-state index in [1.165, 1.54) is 12.1 Å². The third-order valence-electron chi connectivity index (χ3n) is 4.82. The Hall–Kier alpha value is -2.89. The molecule has 6 heteroatoms. The number of benzene rings is 2. The number of non-ortho nitro benzene ring substituents is 1. The third kappa shape index (κ3) is 2.06. The molecule has 1 heterocycles. The zero-order valence-corrected chi connectivity index (χ0v) is 13.4. The molecule has 1 fully saturated rings. The molecule has 1 spiro atoms. The summed E-state index contributed by atoms with van der Waals surface area (Å²) >= 11 is 0. The highest BCUT2D eigenvalue weighted by atomic mass is 16.6. The van der Waals surface area contributed by atoms with Crippen LogP contribution in [0, 0.1) is 24.0 Å². The predicted octanol–water partition coefficient (Wildman–Crippen LogP) is 3.99. The van der Waals surface area contributed by atoms with E-state index in [-0.39, 0.29) is 17.0 Å². The lowest BCUT2D eigenvalue weighted by atomic mass is 9.98. The van der Waals surface area contributed by atoms with Crippen molar-refractivity contribution in [3.63, 3.8) is 0 Å². The number of carbonyl (C=O) groups excluding carboxylic acids is 1. The minimum absolute atomic E-state index is 0.0537. The monoisotopic (exact) mass is 324 g/mol. The normalized spacial score (nSPS) is 16.7. The van der Waals surface area contributed by atoms with E-state index in [2.05, 4.69) is 5.32 Å². The fourth-order valence-electron chi connectivity index (χ4n) is 3.39. The van der Waals surface area contributed by atoms with Crippen molar-refractivity contribution in [2.45, 2.75) is 32.1 Å².